The zero-order chi connectivity index (χ0) is 28.2. The van der Waals surface area contributed by atoms with Crippen LogP contribution in [-0.2, 0) is 24.1 Å². The molecule has 212 valence electrons. The molecule has 0 aliphatic heterocycles. The van der Waals surface area contributed by atoms with Crippen LogP contribution in [-0.4, -0.2) is 53.6 Å². The first kappa shape index (κ1) is 29.3. The number of benzene rings is 3. The fraction of sp³-hybridized carbons (Fsp3) is 0.364. The number of carbonyl (C=O) groups is 1. The lowest BCUT2D eigenvalue weighted by Crippen LogP contribution is -2.47. The summed E-state index contributed by atoms with van der Waals surface area (Å²) < 4.78 is 5.24. The molecular formula is C33H41N3O4. The van der Waals surface area contributed by atoms with Crippen LogP contribution in [0.25, 0.3) is 10.9 Å². The van der Waals surface area contributed by atoms with Gasteiger partial charge in [0, 0.05) is 30.1 Å². The van der Waals surface area contributed by atoms with Gasteiger partial charge in [-0.05, 0) is 79.5 Å². The summed E-state index contributed by atoms with van der Waals surface area (Å²) in [6.07, 6.45) is 4.73. The highest BCUT2D eigenvalue weighted by Crippen LogP contribution is 2.21. The van der Waals surface area contributed by atoms with Gasteiger partial charge < -0.3 is 30.6 Å². The molecule has 7 heteroatoms. The van der Waals surface area contributed by atoms with Gasteiger partial charge in [0.1, 0.15) is 5.75 Å². The van der Waals surface area contributed by atoms with Crippen molar-refractivity contribution in [3.05, 3.63) is 102 Å². The van der Waals surface area contributed by atoms with Crippen molar-refractivity contribution in [1.82, 2.24) is 15.6 Å². The lowest BCUT2D eigenvalue weighted by atomic mass is 9.95. The molecule has 40 heavy (non-hydrogen) atoms. The minimum absolute atomic E-state index is 0.0147. The topological polar surface area (TPSA) is 107 Å². The molecule has 5 N–H and O–H groups in total. The number of hydrogen-bond acceptors (Lipinski definition) is 5. The standard InChI is InChI=1S/C33H41N3O4/c1-40-28-16-14-25(15-17-28)10-7-11-26(20-32(37)38)22-35-31(21-27-23-36-30-13-6-5-12-29(27)30)33(39)34-19-18-24-8-3-2-4-9-24/h2-6,8-9,12-17,23,26,31-32,35-38H,7,10-11,18-22H2,1H3,(H,34,39)/t26-,31+/m1/s1. The van der Waals surface area contributed by atoms with Crippen LogP contribution in [0.5, 0.6) is 5.75 Å². The van der Waals surface area contributed by atoms with Crippen molar-refractivity contribution in [2.45, 2.75) is 50.9 Å². The molecule has 4 rings (SSSR count). The van der Waals surface area contributed by atoms with Gasteiger partial charge in [-0.25, -0.2) is 0 Å². The van der Waals surface area contributed by atoms with Gasteiger partial charge in [0.2, 0.25) is 5.91 Å². The summed E-state index contributed by atoms with van der Waals surface area (Å²) in [7, 11) is 1.65. The highest BCUT2D eigenvalue weighted by molar-refractivity contribution is 5.86. The van der Waals surface area contributed by atoms with Crippen molar-refractivity contribution in [1.29, 1.82) is 0 Å². The molecule has 0 aliphatic rings. The number of para-hydroxylation sites is 1. The number of H-pyrrole nitrogens is 1. The van der Waals surface area contributed by atoms with Crippen LogP contribution in [0.2, 0.25) is 0 Å². The molecule has 1 aromatic heterocycles. The SMILES string of the molecule is COc1ccc(CCC[C@@H](CN[C@@H](Cc2c[nH]c3ccccc23)C(=O)NCCc2ccccc2)CC(O)O)cc1. The van der Waals surface area contributed by atoms with E-state index in [0.717, 1.165) is 47.9 Å². The number of carbonyl (C=O) groups excluding carboxylic acids is 1. The summed E-state index contributed by atoms with van der Waals surface area (Å²) in [4.78, 5) is 16.7. The van der Waals surface area contributed by atoms with Crippen LogP contribution in [0.15, 0.2) is 85.1 Å². The second-order valence-corrected chi connectivity index (χ2v) is 10.4. The number of aliphatic hydroxyl groups excluding tert-OH is 1. The number of aromatic amines is 1. The van der Waals surface area contributed by atoms with Gasteiger partial charge >= 0.3 is 0 Å². The second-order valence-electron chi connectivity index (χ2n) is 10.4. The smallest absolute Gasteiger partial charge is 0.237 e. The summed E-state index contributed by atoms with van der Waals surface area (Å²) in [5, 5.41) is 27.2. The van der Waals surface area contributed by atoms with E-state index in [0.29, 0.717) is 19.5 Å². The fourth-order valence-electron chi connectivity index (χ4n) is 5.17. The number of fused-ring (bicyclic) bond motifs is 1. The van der Waals surface area contributed by atoms with Crippen LogP contribution in [0, 0.1) is 5.92 Å². The molecular weight excluding hydrogens is 502 g/mol. The fourth-order valence-corrected chi connectivity index (χ4v) is 5.17. The first-order valence-corrected chi connectivity index (χ1v) is 14.1. The molecule has 1 amide bonds. The minimum Gasteiger partial charge on any atom is -0.497 e. The molecule has 0 radical (unpaired) electrons. The molecule has 7 nitrogen and oxygen atoms in total. The van der Waals surface area contributed by atoms with Gasteiger partial charge in [0.25, 0.3) is 0 Å². The predicted molar refractivity (Wildman–Crippen MR) is 159 cm³/mol. The maximum atomic E-state index is 13.4. The largest absolute Gasteiger partial charge is 0.497 e. The van der Waals surface area contributed by atoms with Crippen molar-refractivity contribution >= 4 is 16.8 Å². The number of amides is 1. The Morgan fingerprint density at radius 1 is 0.925 bits per heavy atom. The third kappa shape index (κ3) is 8.95. The number of hydrogen-bond donors (Lipinski definition) is 5. The zero-order valence-electron chi connectivity index (χ0n) is 23.2. The monoisotopic (exact) mass is 543 g/mol. The molecule has 3 aromatic carbocycles. The van der Waals surface area contributed by atoms with Crippen molar-refractivity contribution in [3.63, 3.8) is 0 Å². The lowest BCUT2D eigenvalue weighted by Gasteiger charge is -2.23. The number of rotatable bonds is 16. The maximum Gasteiger partial charge on any atom is 0.237 e. The quantitative estimate of drug-likeness (QED) is 0.135. The van der Waals surface area contributed by atoms with Crippen LogP contribution in [0.1, 0.15) is 36.0 Å². The Morgan fingerprint density at radius 2 is 1.65 bits per heavy atom. The molecule has 0 aliphatic carbocycles. The van der Waals surface area contributed by atoms with Gasteiger partial charge in [-0.1, -0.05) is 60.7 Å². The summed E-state index contributed by atoms with van der Waals surface area (Å²) in [6.45, 7) is 1.06. The Bertz CT molecular complexity index is 1300. The molecule has 0 saturated heterocycles. The average molecular weight is 544 g/mol. The molecule has 0 saturated carbocycles. The van der Waals surface area contributed by atoms with E-state index in [9.17, 15) is 15.0 Å². The van der Waals surface area contributed by atoms with Crippen LogP contribution in [0.3, 0.4) is 0 Å². The summed E-state index contributed by atoms with van der Waals surface area (Å²) in [6, 6.07) is 25.8. The third-order valence-corrected chi connectivity index (χ3v) is 7.41. The second kappa shape index (κ2) is 15.2. The van der Waals surface area contributed by atoms with Crippen molar-refractivity contribution in [3.8, 4) is 5.75 Å². The highest BCUT2D eigenvalue weighted by Gasteiger charge is 2.22. The van der Waals surface area contributed by atoms with Gasteiger partial charge in [-0.3, -0.25) is 4.79 Å². The minimum atomic E-state index is -1.39. The molecule has 2 atom stereocenters. The summed E-state index contributed by atoms with van der Waals surface area (Å²) in [5.74, 6) is 0.793. The van der Waals surface area contributed by atoms with Crippen molar-refractivity contribution < 1.29 is 19.7 Å². The van der Waals surface area contributed by atoms with E-state index < -0.39 is 12.3 Å². The normalized spacial score (nSPS) is 12.9. The van der Waals surface area contributed by atoms with Gasteiger partial charge in [0.05, 0.1) is 13.2 Å². The van der Waals surface area contributed by atoms with Gasteiger partial charge in [-0.15, -0.1) is 0 Å². The van der Waals surface area contributed by atoms with Crippen LogP contribution < -0.4 is 15.4 Å². The van der Waals surface area contributed by atoms with Crippen molar-refractivity contribution in [2.75, 3.05) is 20.2 Å². The summed E-state index contributed by atoms with van der Waals surface area (Å²) in [5.41, 5.74) is 4.51. The number of nitrogens with one attached hydrogen (secondary N) is 3. The van der Waals surface area contributed by atoms with Crippen molar-refractivity contribution in [2.24, 2.45) is 5.92 Å². The average Bonchev–Trinajstić information content (AvgIpc) is 3.38. The van der Waals surface area contributed by atoms with E-state index in [1.54, 1.807) is 7.11 Å². The number of aliphatic hydroxyl groups is 2. The first-order chi connectivity index (χ1) is 19.5. The van der Waals surface area contributed by atoms with Crippen LogP contribution in [0.4, 0.5) is 0 Å². The van der Waals surface area contributed by atoms with E-state index in [2.05, 4.69) is 45.9 Å². The Balaban J connectivity index is 1.38. The molecule has 0 bridgehead atoms. The van der Waals surface area contributed by atoms with Gasteiger partial charge in [0.15, 0.2) is 6.29 Å². The molecule has 4 aromatic rings. The van der Waals surface area contributed by atoms with E-state index in [-0.39, 0.29) is 18.2 Å². The Kier molecular flexibility index (Phi) is 11.2. The molecule has 0 fully saturated rings. The third-order valence-electron chi connectivity index (χ3n) is 7.41. The van der Waals surface area contributed by atoms with E-state index in [1.807, 2.05) is 54.7 Å². The predicted octanol–water partition coefficient (Wildman–Crippen LogP) is 4.38. The number of ether oxygens (including phenoxy) is 1. The molecule has 0 spiro atoms. The summed E-state index contributed by atoms with van der Waals surface area (Å²) >= 11 is 0. The molecule has 0 unspecified atom stereocenters. The van der Waals surface area contributed by atoms with E-state index in [4.69, 9.17) is 4.74 Å². The van der Waals surface area contributed by atoms with E-state index in [1.165, 1.54) is 11.1 Å². The Morgan fingerprint density at radius 3 is 2.40 bits per heavy atom. The number of aryl methyl sites for hydroxylation is 1. The maximum absolute atomic E-state index is 13.4. The first-order valence-electron chi connectivity index (χ1n) is 14.1. The lowest BCUT2D eigenvalue weighted by molar-refractivity contribution is -0.123. The molecule has 1 heterocycles. The van der Waals surface area contributed by atoms with E-state index >= 15 is 0 Å². The zero-order valence-corrected chi connectivity index (χ0v) is 23.2. The number of aromatic nitrogens is 1. The van der Waals surface area contributed by atoms with Gasteiger partial charge in [-0.2, -0.15) is 0 Å². The Labute approximate surface area is 236 Å². The Hall–Kier alpha value is -3.65. The highest BCUT2D eigenvalue weighted by atomic mass is 16.5. The van der Waals surface area contributed by atoms with Crippen LogP contribution >= 0.6 is 0 Å². The number of methoxy groups -OCH3 is 1.